The van der Waals surface area contributed by atoms with E-state index >= 15 is 0 Å². The summed E-state index contributed by atoms with van der Waals surface area (Å²) >= 11 is 0. The molecular formula is C22H24N6O3. The number of fused-ring (bicyclic) bond motifs is 7. The molecule has 4 aromatic rings. The van der Waals surface area contributed by atoms with Crippen molar-refractivity contribution in [3.8, 4) is 5.75 Å². The summed E-state index contributed by atoms with van der Waals surface area (Å²) in [5, 5.41) is 19.1. The number of hydrogen-bond donors (Lipinski definition) is 4. The highest BCUT2D eigenvalue weighted by atomic mass is 16.5. The number of phenolic OH excluding ortho intramolecular Hbond substituents is 1. The Morgan fingerprint density at radius 2 is 1.90 bits per heavy atom. The lowest BCUT2D eigenvalue weighted by Crippen LogP contribution is -2.36. The number of phenols is 1. The number of rotatable bonds is 2. The summed E-state index contributed by atoms with van der Waals surface area (Å²) in [4.78, 5) is 14.9. The van der Waals surface area contributed by atoms with Crippen molar-refractivity contribution in [3.63, 3.8) is 0 Å². The third kappa shape index (κ3) is 2.97. The van der Waals surface area contributed by atoms with Gasteiger partial charge in [-0.15, -0.1) is 0 Å². The Kier molecular flexibility index (Phi) is 4.48. The van der Waals surface area contributed by atoms with Crippen molar-refractivity contribution < 1.29 is 9.84 Å². The van der Waals surface area contributed by atoms with Gasteiger partial charge in [0.2, 0.25) is 0 Å². The second-order valence-electron chi connectivity index (χ2n) is 7.69. The summed E-state index contributed by atoms with van der Waals surface area (Å²) in [6, 6.07) is 8.99. The molecule has 2 aromatic carbocycles. The molecule has 0 amide bonds. The minimum atomic E-state index is -0.395. The van der Waals surface area contributed by atoms with Crippen LogP contribution in [0.3, 0.4) is 0 Å². The quantitative estimate of drug-likeness (QED) is 0.365. The summed E-state index contributed by atoms with van der Waals surface area (Å²) in [5.74, 6) is -0.0712. The molecule has 6 N–H and O–H groups in total. The lowest BCUT2D eigenvalue weighted by molar-refractivity contribution is 0.123. The van der Waals surface area contributed by atoms with Crippen LogP contribution in [0.15, 0.2) is 35.1 Å². The molecule has 2 aromatic heterocycles. The minimum absolute atomic E-state index is 0.0712. The Morgan fingerprint density at radius 1 is 1.13 bits per heavy atom. The van der Waals surface area contributed by atoms with E-state index in [4.69, 9.17) is 16.2 Å². The molecular weight excluding hydrogens is 396 g/mol. The van der Waals surface area contributed by atoms with Crippen molar-refractivity contribution in [2.75, 3.05) is 42.7 Å². The van der Waals surface area contributed by atoms with Gasteiger partial charge in [0.05, 0.1) is 24.1 Å². The van der Waals surface area contributed by atoms with Gasteiger partial charge in [0, 0.05) is 47.0 Å². The molecule has 9 heteroatoms. The molecule has 0 radical (unpaired) electrons. The van der Waals surface area contributed by atoms with E-state index in [-0.39, 0.29) is 5.75 Å². The maximum Gasteiger partial charge on any atom is 0.348 e. The summed E-state index contributed by atoms with van der Waals surface area (Å²) < 4.78 is 6.97. The van der Waals surface area contributed by atoms with Crippen molar-refractivity contribution in [3.05, 3.63) is 46.4 Å². The van der Waals surface area contributed by atoms with E-state index in [1.165, 1.54) is 10.5 Å². The molecule has 0 atom stereocenters. The zero-order valence-electron chi connectivity index (χ0n) is 17.2. The van der Waals surface area contributed by atoms with Crippen LogP contribution in [-0.2, 0) is 11.2 Å². The summed E-state index contributed by atoms with van der Waals surface area (Å²) in [5.41, 5.74) is 16.3. The van der Waals surface area contributed by atoms with Crippen LogP contribution in [0.4, 0.5) is 17.1 Å². The Labute approximate surface area is 177 Å². The number of aromatic amines is 1. The van der Waals surface area contributed by atoms with Crippen LogP contribution in [0.5, 0.6) is 5.75 Å². The summed E-state index contributed by atoms with van der Waals surface area (Å²) in [7, 11) is 0. The van der Waals surface area contributed by atoms with E-state index in [1.54, 1.807) is 6.07 Å². The van der Waals surface area contributed by atoms with E-state index in [9.17, 15) is 9.90 Å². The number of morpholine rings is 1. The first-order valence-electron chi connectivity index (χ1n) is 10.3. The first-order chi connectivity index (χ1) is 15.0. The summed E-state index contributed by atoms with van der Waals surface area (Å²) in [6.45, 7) is 4.89. The minimum Gasteiger partial charge on any atom is -0.507 e. The van der Waals surface area contributed by atoms with Crippen LogP contribution in [0, 0.1) is 0 Å². The molecule has 1 aliphatic rings. The fourth-order valence-electron chi connectivity index (χ4n) is 4.41. The van der Waals surface area contributed by atoms with Crippen LogP contribution < -0.4 is 22.1 Å². The Morgan fingerprint density at radius 3 is 2.65 bits per heavy atom. The third-order valence-corrected chi connectivity index (χ3v) is 5.97. The number of H-pyrrole nitrogens is 1. The highest BCUT2D eigenvalue weighted by Gasteiger charge is 2.18. The normalized spacial score (nSPS) is 14.5. The number of nitrogens with one attached hydrogen (secondary N) is 1. The van der Waals surface area contributed by atoms with Crippen LogP contribution in [0.2, 0.25) is 0 Å². The number of nitrogen functional groups attached to an aromatic ring is 2. The van der Waals surface area contributed by atoms with Gasteiger partial charge in [-0.25, -0.2) is 14.3 Å². The van der Waals surface area contributed by atoms with Crippen molar-refractivity contribution in [1.29, 1.82) is 0 Å². The van der Waals surface area contributed by atoms with Crippen molar-refractivity contribution >= 4 is 44.4 Å². The van der Waals surface area contributed by atoms with Crippen molar-refractivity contribution in [2.24, 2.45) is 0 Å². The van der Waals surface area contributed by atoms with Crippen molar-refractivity contribution in [1.82, 2.24) is 14.6 Å². The molecule has 0 spiro atoms. The Bertz CT molecular complexity index is 1420. The molecule has 0 unspecified atom stereocenters. The van der Waals surface area contributed by atoms with E-state index < -0.39 is 5.69 Å². The fourth-order valence-corrected chi connectivity index (χ4v) is 4.41. The van der Waals surface area contributed by atoms with E-state index in [0.717, 1.165) is 29.7 Å². The van der Waals surface area contributed by atoms with Gasteiger partial charge in [-0.2, -0.15) is 5.10 Å². The highest BCUT2D eigenvalue weighted by Crippen LogP contribution is 2.36. The number of nitrogens with two attached hydrogens (primary N) is 2. The monoisotopic (exact) mass is 420 g/mol. The maximum absolute atomic E-state index is 12.7. The standard InChI is InChI=1S/C22H24N6O3/c1-2-13-14-9-12(3-4-18(14)27-5-7-31-8-6-27)28-21(25-26-22(28)30)16-10-15(20(13)24)17(23)11-19(16)29/h3-4,9-11,29H,2,5-8,23-24H2,1H3,(H,26,30). The molecule has 1 saturated heterocycles. The molecule has 160 valence electrons. The van der Waals surface area contributed by atoms with Gasteiger partial charge in [0.1, 0.15) is 5.75 Å². The van der Waals surface area contributed by atoms with Gasteiger partial charge in [-0.05, 0) is 36.2 Å². The van der Waals surface area contributed by atoms with E-state index in [1.807, 2.05) is 25.1 Å². The molecule has 0 aliphatic carbocycles. The second kappa shape index (κ2) is 7.21. The second-order valence-corrected chi connectivity index (χ2v) is 7.69. The van der Waals surface area contributed by atoms with Crippen LogP contribution in [0.1, 0.15) is 12.5 Å². The molecule has 3 heterocycles. The summed E-state index contributed by atoms with van der Waals surface area (Å²) in [6.07, 6.45) is 0.662. The predicted octanol–water partition coefficient (Wildman–Crippen LogP) is 2.16. The number of benzene rings is 2. The first-order valence-corrected chi connectivity index (χ1v) is 10.3. The van der Waals surface area contributed by atoms with Gasteiger partial charge in [-0.3, -0.25) is 0 Å². The fraction of sp³-hybridized carbons (Fsp3) is 0.273. The topological polar surface area (TPSA) is 135 Å². The van der Waals surface area contributed by atoms with Crippen LogP contribution >= 0.6 is 0 Å². The average molecular weight is 420 g/mol. The molecule has 0 saturated carbocycles. The van der Waals surface area contributed by atoms with Gasteiger partial charge >= 0.3 is 5.69 Å². The average Bonchev–Trinajstić information content (AvgIpc) is 3.15. The molecule has 1 fully saturated rings. The molecule has 9 nitrogen and oxygen atoms in total. The predicted molar refractivity (Wildman–Crippen MR) is 123 cm³/mol. The van der Waals surface area contributed by atoms with Gasteiger partial charge in [-0.1, -0.05) is 6.92 Å². The van der Waals surface area contributed by atoms with Gasteiger partial charge < -0.3 is 26.2 Å². The number of aryl methyl sites for hydroxylation is 1. The maximum atomic E-state index is 12.7. The van der Waals surface area contributed by atoms with E-state index in [0.29, 0.717) is 52.9 Å². The van der Waals surface area contributed by atoms with E-state index in [2.05, 4.69) is 15.1 Å². The van der Waals surface area contributed by atoms with Crippen LogP contribution in [0.25, 0.3) is 27.3 Å². The largest absolute Gasteiger partial charge is 0.507 e. The number of ether oxygens (including phenoxy) is 1. The lowest BCUT2D eigenvalue weighted by Gasteiger charge is -2.30. The first kappa shape index (κ1) is 19.3. The Hall–Kier alpha value is -3.72. The highest BCUT2D eigenvalue weighted by molar-refractivity contribution is 6.01. The number of anilines is 3. The molecule has 5 rings (SSSR count). The lowest BCUT2D eigenvalue weighted by atomic mass is 10.0. The zero-order valence-corrected chi connectivity index (χ0v) is 17.2. The molecule has 4 bridgehead atoms. The SMILES string of the molecule is CCc1c(N)c2cc(c(O)cc2N)c2n[nH]c(=O)n2c2ccc(N3CCOCC3)c1c2. The number of aromatic hydroxyl groups is 1. The number of nitrogens with zero attached hydrogens (tertiary/aromatic N) is 3. The molecule has 31 heavy (non-hydrogen) atoms. The third-order valence-electron chi connectivity index (χ3n) is 5.97. The number of hydrogen-bond acceptors (Lipinski definition) is 7. The number of aromatic nitrogens is 3. The van der Waals surface area contributed by atoms with Gasteiger partial charge in [0.15, 0.2) is 5.65 Å². The Balaban J connectivity index is 2.05. The zero-order chi connectivity index (χ0) is 21.7. The molecule has 1 aliphatic heterocycles. The smallest absolute Gasteiger partial charge is 0.348 e. The van der Waals surface area contributed by atoms with Gasteiger partial charge in [0.25, 0.3) is 0 Å². The van der Waals surface area contributed by atoms with Crippen molar-refractivity contribution in [2.45, 2.75) is 13.3 Å². The van der Waals surface area contributed by atoms with Crippen LogP contribution in [-0.4, -0.2) is 46.0 Å².